The molecular weight excluding hydrogens is 276 g/mol. The molecule has 1 amide bonds. The van der Waals surface area contributed by atoms with Crippen molar-refractivity contribution in [2.24, 2.45) is 5.92 Å². The van der Waals surface area contributed by atoms with Gasteiger partial charge in [0.25, 0.3) is 0 Å². The Bertz CT molecular complexity index is 321. The summed E-state index contributed by atoms with van der Waals surface area (Å²) in [6.45, 7) is 9.44. The topological polar surface area (TPSA) is 47.6 Å². The molecule has 0 spiro atoms. The van der Waals surface area contributed by atoms with Crippen LogP contribution < -0.4 is 10.6 Å². The third-order valence-electron chi connectivity index (χ3n) is 5.28. The van der Waals surface area contributed by atoms with Crippen LogP contribution in [0.5, 0.6) is 0 Å². The van der Waals surface area contributed by atoms with E-state index in [-0.39, 0.29) is 5.91 Å². The molecule has 0 radical (unpaired) electrons. The first-order valence-corrected chi connectivity index (χ1v) is 9.10. The van der Waals surface area contributed by atoms with Crippen LogP contribution in [0.2, 0.25) is 0 Å². The number of nitrogens with one attached hydrogen (secondary N) is 2. The Kier molecular flexibility index (Phi) is 7.63. The normalized spacial score (nSPS) is 22.8. The predicted octanol–water partition coefficient (Wildman–Crippen LogP) is 0.908. The fourth-order valence-corrected chi connectivity index (χ4v) is 3.65. The van der Waals surface area contributed by atoms with Gasteiger partial charge >= 0.3 is 0 Å². The number of carbonyl (C=O) groups is 1. The summed E-state index contributed by atoms with van der Waals surface area (Å²) < 4.78 is 0. The molecule has 128 valence electrons. The lowest BCUT2D eigenvalue weighted by molar-refractivity contribution is -0.123. The van der Waals surface area contributed by atoms with E-state index in [4.69, 9.17) is 0 Å². The van der Waals surface area contributed by atoms with Crippen LogP contribution in [0.25, 0.3) is 0 Å². The Morgan fingerprint density at radius 3 is 2.27 bits per heavy atom. The zero-order valence-electron chi connectivity index (χ0n) is 14.4. The molecule has 2 N–H and O–H groups in total. The van der Waals surface area contributed by atoms with Crippen molar-refractivity contribution in [3.8, 4) is 0 Å². The summed E-state index contributed by atoms with van der Waals surface area (Å²) in [5.41, 5.74) is 0. The molecule has 0 aromatic heterocycles. The van der Waals surface area contributed by atoms with E-state index < -0.39 is 0 Å². The molecule has 0 aliphatic carbocycles. The van der Waals surface area contributed by atoms with Crippen molar-refractivity contribution in [3.63, 3.8) is 0 Å². The van der Waals surface area contributed by atoms with E-state index in [0.717, 1.165) is 58.0 Å². The van der Waals surface area contributed by atoms with Gasteiger partial charge in [-0.2, -0.15) is 0 Å². The van der Waals surface area contributed by atoms with E-state index in [9.17, 15) is 4.79 Å². The van der Waals surface area contributed by atoms with Crippen molar-refractivity contribution in [2.75, 3.05) is 52.9 Å². The largest absolute Gasteiger partial charge is 0.352 e. The molecule has 0 unspecified atom stereocenters. The highest BCUT2D eigenvalue weighted by atomic mass is 16.2. The summed E-state index contributed by atoms with van der Waals surface area (Å²) in [5, 5.41) is 6.47. The molecule has 22 heavy (non-hydrogen) atoms. The Labute approximate surface area is 135 Å². The summed E-state index contributed by atoms with van der Waals surface area (Å²) in [6.07, 6.45) is 5.96. The maximum absolute atomic E-state index is 12.2. The van der Waals surface area contributed by atoms with Gasteiger partial charge in [-0.3, -0.25) is 9.69 Å². The fraction of sp³-hybridized carbons (Fsp3) is 0.941. The molecule has 0 saturated carbocycles. The zero-order valence-corrected chi connectivity index (χ0v) is 14.4. The minimum atomic E-state index is 0.226. The first-order chi connectivity index (χ1) is 10.7. The summed E-state index contributed by atoms with van der Waals surface area (Å²) in [4.78, 5) is 17.0. The van der Waals surface area contributed by atoms with Crippen LogP contribution in [0, 0.1) is 5.92 Å². The van der Waals surface area contributed by atoms with Crippen LogP contribution in [-0.4, -0.2) is 74.6 Å². The van der Waals surface area contributed by atoms with Gasteiger partial charge in [-0.05, 0) is 71.2 Å². The van der Waals surface area contributed by atoms with E-state index >= 15 is 0 Å². The van der Waals surface area contributed by atoms with E-state index in [0.29, 0.717) is 12.6 Å². The Balaban J connectivity index is 1.60. The SMILES string of the molecule is CCN1CCC(NC(=O)CN2CCC(CCNC)CC2)CC1. The zero-order chi connectivity index (χ0) is 15.8. The van der Waals surface area contributed by atoms with E-state index in [1.165, 1.54) is 19.3 Å². The molecule has 0 bridgehead atoms. The van der Waals surface area contributed by atoms with Crippen LogP contribution in [0.4, 0.5) is 0 Å². The molecule has 5 heteroatoms. The molecule has 2 aliphatic heterocycles. The van der Waals surface area contributed by atoms with E-state index in [2.05, 4.69) is 27.4 Å². The number of carbonyl (C=O) groups excluding carboxylic acids is 1. The third-order valence-corrected chi connectivity index (χ3v) is 5.28. The predicted molar refractivity (Wildman–Crippen MR) is 91.0 cm³/mol. The standard InChI is InChI=1S/C17H34N4O/c1-3-20-12-7-16(8-13-20)19-17(22)14-21-10-5-15(6-11-21)4-9-18-2/h15-16,18H,3-14H2,1-2H3,(H,19,22). The number of piperidine rings is 2. The molecule has 2 fully saturated rings. The second kappa shape index (κ2) is 9.48. The van der Waals surface area contributed by atoms with Crippen molar-refractivity contribution in [3.05, 3.63) is 0 Å². The van der Waals surface area contributed by atoms with Crippen LogP contribution in [0.15, 0.2) is 0 Å². The van der Waals surface area contributed by atoms with Crippen LogP contribution >= 0.6 is 0 Å². The van der Waals surface area contributed by atoms with Crippen molar-refractivity contribution in [1.29, 1.82) is 0 Å². The number of rotatable bonds is 7. The molecule has 2 rings (SSSR count). The molecule has 5 nitrogen and oxygen atoms in total. The molecular formula is C17H34N4O. The smallest absolute Gasteiger partial charge is 0.234 e. The number of hydrogen-bond donors (Lipinski definition) is 2. The molecule has 2 saturated heterocycles. The van der Waals surface area contributed by atoms with Gasteiger partial charge in [0, 0.05) is 19.1 Å². The molecule has 2 aliphatic rings. The summed E-state index contributed by atoms with van der Waals surface area (Å²) in [5.74, 6) is 1.06. The monoisotopic (exact) mass is 310 g/mol. The van der Waals surface area contributed by atoms with Crippen molar-refractivity contribution >= 4 is 5.91 Å². The lowest BCUT2D eigenvalue weighted by atomic mass is 9.93. The lowest BCUT2D eigenvalue weighted by Gasteiger charge is -2.33. The van der Waals surface area contributed by atoms with Crippen LogP contribution in [0.3, 0.4) is 0 Å². The summed E-state index contributed by atoms with van der Waals surface area (Å²) in [7, 11) is 2.02. The average Bonchev–Trinajstić information content (AvgIpc) is 2.55. The van der Waals surface area contributed by atoms with Gasteiger partial charge in [0.1, 0.15) is 0 Å². The van der Waals surface area contributed by atoms with E-state index in [1.54, 1.807) is 0 Å². The average molecular weight is 310 g/mol. The maximum Gasteiger partial charge on any atom is 0.234 e. The van der Waals surface area contributed by atoms with Gasteiger partial charge in [0.2, 0.25) is 5.91 Å². The summed E-state index contributed by atoms with van der Waals surface area (Å²) in [6, 6.07) is 0.392. The number of likely N-dealkylation sites (tertiary alicyclic amines) is 2. The number of nitrogens with zero attached hydrogens (tertiary/aromatic N) is 2. The first kappa shape index (κ1) is 17.7. The first-order valence-electron chi connectivity index (χ1n) is 9.10. The van der Waals surface area contributed by atoms with E-state index in [1.807, 2.05) is 7.05 Å². The number of hydrogen-bond acceptors (Lipinski definition) is 4. The molecule has 2 heterocycles. The minimum Gasteiger partial charge on any atom is -0.352 e. The van der Waals surface area contributed by atoms with Gasteiger partial charge in [0.15, 0.2) is 0 Å². The lowest BCUT2D eigenvalue weighted by Crippen LogP contribution is -2.48. The van der Waals surface area contributed by atoms with Crippen LogP contribution in [0.1, 0.15) is 39.0 Å². The van der Waals surface area contributed by atoms with Gasteiger partial charge < -0.3 is 15.5 Å². The third kappa shape index (κ3) is 5.86. The molecule has 0 atom stereocenters. The second-order valence-corrected chi connectivity index (χ2v) is 6.89. The maximum atomic E-state index is 12.2. The summed E-state index contributed by atoms with van der Waals surface area (Å²) >= 11 is 0. The van der Waals surface area contributed by atoms with Gasteiger partial charge in [-0.15, -0.1) is 0 Å². The van der Waals surface area contributed by atoms with Crippen molar-refractivity contribution in [2.45, 2.75) is 45.1 Å². The number of amides is 1. The highest BCUT2D eigenvalue weighted by Crippen LogP contribution is 2.19. The van der Waals surface area contributed by atoms with Crippen LogP contribution in [-0.2, 0) is 4.79 Å². The molecule has 0 aromatic rings. The second-order valence-electron chi connectivity index (χ2n) is 6.89. The Hall–Kier alpha value is -0.650. The Morgan fingerprint density at radius 2 is 1.68 bits per heavy atom. The minimum absolute atomic E-state index is 0.226. The highest BCUT2D eigenvalue weighted by molar-refractivity contribution is 5.78. The quantitative estimate of drug-likeness (QED) is 0.734. The van der Waals surface area contributed by atoms with Crippen molar-refractivity contribution < 1.29 is 4.79 Å². The molecule has 0 aromatic carbocycles. The fourth-order valence-electron chi connectivity index (χ4n) is 3.65. The van der Waals surface area contributed by atoms with Gasteiger partial charge in [-0.1, -0.05) is 6.92 Å². The van der Waals surface area contributed by atoms with Crippen molar-refractivity contribution in [1.82, 2.24) is 20.4 Å². The highest BCUT2D eigenvalue weighted by Gasteiger charge is 2.23. The Morgan fingerprint density at radius 1 is 1.05 bits per heavy atom. The van der Waals surface area contributed by atoms with Gasteiger partial charge in [-0.25, -0.2) is 0 Å². The van der Waals surface area contributed by atoms with Gasteiger partial charge in [0.05, 0.1) is 6.54 Å².